The van der Waals surface area contributed by atoms with Crippen LogP contribution >= 0.6 is 0 Å². The molecule has 2 heteroatoms. The maximum absolute atomic E-state index is 8.67. The van der Waals surface area contributed by atoms with Crippen molar-refractivity contribution in [1.29, 1.82) is 0 Å². The number of methoxy groups -OCH3 is 1. The Kier molecular flexibility index (Phi) is 3.96. The lowest BCUT2D eigenvalue weighted by Gasteiger charge is -2.24. The van der Waals surface area contributed by atoms with Crippen molar-refractivity contribution in [3.63, 3.8) is 0 Å². The van der Waals surface area contributed by atoms with Crippen LogP contribution in [0.4, 0.5) is 0 Å². The van der Waals surface area contributed by atoms with Gasteiger partial charge in [-0.25, -0.2) is 0 Å². The van der Waals surface area contributed by atoms with Gasteiger partial charge in [-0.15, -0.1) is 0 Å². The first-order chi connectivity index (χ1) is 6.69. The lowest BCUT2D eigenvalue weighted by Crippen LogP contribution is -2.14. The molecule has 0 fully saturated rings. The average molecular weight is 194 g/mol. The number of aliphatic hydroxyl groups is 1. The van der Waals surface area contributed by atoms with Crippen molar-refractivity contribution in [2.45, 2.75) is 13.8 Å². The summed E-state index contributed by atoms with van der Waals surface area (Å²) in [6, 6.07) is 0. The molecule has 2 atom stereocenters. The summed E-state index contributed by atoms with van der Waals surface area (Å²) in [6.45, 7) is 4.41. The normalized spacial score (nSPS) is 27.4. The van der Waals surface area contributed by atoms with Crippen LogP contribution in [0.5, 0.6) is 0 Å². The monoisotopic (exact) mass is 194 g/mol. The molecule has 0 amide bonds. The fraction of sp³-hybridized carbons (Fsp3) is 0.500. The largest absolute Gasteiger partial charge is 0.501 e. The van der Waals surface area contributed by atoms with Crippen molar-refractivity contribution in [3.05, 3.63) is 35.6 Å². The quantitative estimate of drug-likeness (QED) is 0.747. The van der Waals surface area contributed by atoms with Gasteiger partial charge in [0.05, 0.1) is 19.5 Å². The molecule has 1 aliphatic rings. The van der Waals surface area contributed by atoms with E-state index in [-0.39, 0.29) is 6.61 Å². The Labute approximate surface area is 85.6 Å². The highest BCUT2D eigenvalue weighted by Gasteiger charge is 2.19. The van der Waals surface area contributed by atoms with Crippen LogP contribution in [0.3, 0.4) is 0 Å². The van der Waals surface area contributed by atoms with Crippen LogP contribution in [0.1, 0.15) is 13.8 Å². The van der Waals surface area contributed by atoms with Gasteiger partial charge in [0, 0.05) is 5.92 Å². The van der Waals surface area contributed by atoms with E-state index in [9.17, 15) is 0 Å². The molecule has 2 unspecified atom stereocenters. The molecular formula is C12H18O2. The van der Waals surface area contributed by atoms with Gasteiger partial charge in [-0.3, -0.25) is 0 Å². The average Bonchev–Trinajstić information content (AvgIpc) is 2.19. The second-order valence-corrected chi connectivity index (χ2v) is 3.65. The molecule has 2 nitrogen and oxygen atoms in total. The molecule has 1 aliphatic carbocycles. The van der Waals surface area contributed by atoms with Gasteiger partial charge in [-0.2, -0.15) is 0 Å². The second-order valence-electron chi connectivity index (χ2n) is 3.65. The number of hydrogen-bond acceptors (Lipinski definition) is 2. The van der Waals surface area contributed by atoms with Crippen LogP contribution in [0.2, 0.25) is 0 Å². The van der Waals surface area contributed by atoms with Crippen molar-refractivity contribution >= 4 is 0 Å². The van der Waals surface area contributed by atoms with Gasteiger partial charge in [0.1, 0.15) is 0 Å². The molecule has 78 valence electrons. The topological polar surface area (TPSA) is 29.5 Å². The van der Waals surface area contributed by atoms with E-state index in [1.54, 1.807) is 13.2 Å². The predicted octanol–water partition coefficient (Wildman–Crippen LogP) is 2.28. The van der Waals surface area contributed by atoms with E-state index < -0.39 is 0 Å². The molecule has 1 N–H and O–H groups in total. The molecule has 14 heavy (non-hydrogen) atoms. The standard InChI is InChI=1S/C12H18O2/c1-9-7-11(5-4-6-13)8-12(14-3)10(9)2/h4-5,7-10,13H,6H2,1-3H3/b5-4+. The molecule has 0 aromatic rings. The minimum absolute atomic E-state index is 0.0808. The van der Waals surface area contributed by atoms with Gasteiger partial charge in [-0.05, 0) is 17.6 Å². The first-order valence-electron chi connectivity index (χ1n) is 4.93. The van der Waals surface area contributed by atoms with E-state index in [2.05, 4.69) is 19.9 Å². The van der Waals surface area contributed by atoms with Gasteiger partial charge in [-0.1, -0.05) is 32.1 Å². The Bertz CT molecular complexity index is 274. The molecule has 1 rings (SSSR count). The molecule has 0 aromatic carbocycles. The Balaban J connectivity index is 2.83. The van der Waals surface area contributed by atoms with E-state index in [4.69, 9.17) is 9.84 Å². The Morgan fingerprint density at radius 3 is 2.79 bits per heavy atom. The zero-order valence-electron chi connectivity index (χ0n) is 9.03. The first-order valence-corrected chi connectivity index (χ1v) is 4.93. The van der Waals surface area contributed by atoms with Gasteiger partial charge < -0.3 is 9.84 Å². The maximum Gasteiger partial charge on any atom is 0.0995 e. The van der Waals surface area contributed by atoms with Gasteiger partial charge >= 0.3 is 0 Å². The van der Waals surface area contributed by atoms with E-state index >= 15 is 0 Å². The van der Waals surface area contributed by atoms with E-state index in [1.807, 2.05) is 12.2 Å². The zero-order valence-corrected chi connectivity index (χ0v) is 9.03. The molecule has 0 aliphatic heterocycles. The Morgan fingerprint density at radius 1 is 1.50 bits per heavy atom. The Hall–Kier alpha value is -1.02. The number of hydrogen-bond donors (Lipinski definition) is 1. The first kappa shape index (κ1) is 11.1. The van der Waals surface area contributed by atoms with Gasteiger partial charge in [0.25, 0.3) is 0 Å². The fourth-order valence-corrected chi connectivity index (χ4v) is 1.59. The van der Waals surface area contributed by atoms with E-state index in [0.29, 0.717) is 11.8 Å². The third-order valence-corrected chi connectivity index (χ3v) is 2.65. The number of allylic oxidation sites excluding steroid dienone is 5. The van der Waals surface area contributed by atoms with Crippen molar-refractivity contribution in [3.8, 4) is 0 Å². The third-order valence-electron chi connectivity index (χ3n) is 2.65. The fourth-order valence-electron chi connectivity index (χ4n) is 1.59. The molecule has 0 bridgehead atoms. The molecular weight excluding hydrogens is 176 g/mol. The van der Waals surface area contributed by atoms with Crippen LogP contribution < -0.4 is 0 Å². The summed E-state index contributed by atoms with van der Waals surface area (Å²) in [5.74, 6) is 1.93. The summed E-state index contributed by atoms with van der Waals surface area (Å²) < 4.78 is 5.31. The summed E-state index contributed by atoms with van der Waals surface area (Å²) in [4.78, 5) is 0. The van der Waals surface area contributed by atoms with Crippen LogP contribution in [-0.2, 0) is 4.74 Å². The van der Waals surface area contributed by atoms with Crippen molar-refractivity contribution in [1.82, 2.24) is 0 Å². The van der Waals surface area contributed by atoms with E-state index in [1.165, 1.54) is 0 Å². The summed E-state index contributed by atoms with van der Waals surface area (Å²) in [5.41, 5.74) is 1.11. The number of rotatable bonds is 3. The summed E-state index contributed by atoms with van der Waals surface area (Å²) in [5, 5.41) is 8.67. The third kappa shape index (κ3) is 2.48. The molecule has 0 radical (unpaired) electrons. The molecule has 0 spiro atoms. The highest BCUT2D eigenvalue weighted by Crippen LogP contribution is 2.29. The maximum atomic E-state index is 8.67. The van der Waals surface area contributed by atoms with Crippen molar-refractivity contribution in [2.24, 2.45) is 11.8 Å². The van der Waals surface area contributed by atoms with Gasteiger partial charge in [0.2, 0.25) is 0 Å². The minimum atomic E-state index is 0.0808. The minimum Gasteiger partial charge on any atom is -0.501 e. The second kappa shape index (κ2) is 5.01. The van der Waals surface area contributed by atoms with Crippen molar-refractivity contribution in [2.75, 3.05) is 13.7 Å². The van der Waals surface area contributed by atoms with Crippen LogP contribution in [0.15, 0.2) is 35.6 Å². The molecule has 0 heterocycles. The summed E-state index contributed by atoms with van der Waals surface area (Å²) >= 11 is 0. The SMILES string of the molecule is COC1=CC(/C=C/CO)=CC(C)C1C. The lowest BCUT2D eigenvalue weighted by atomic mass is 9.87. The zero-order chi connectivity index (χ0) is 10.6. The predicted molar refractivity (Wildman–Crippen MR) is 57.7 cm³/mol. The van der Waals surface area contributed by atoms with E-state index in [0.717, 1.165) is 11.3 Å². The van der Waals surface area contributed by atoms with Gasteiger partial charge in [0.15, 0.2) is 0 Å². The lowest BCUT2D eigenvalue weighted by molar-refractivity contribution is 0.227. The molecule has 0 saturated heterocycles. The highest BCUT2D eigenvalue weighted by molar-refractivity contribution is 5.36. The number of ether oxygens (including phenoxy) is 1. The molecule has 0 aromatic heterocycles. The van der Waals surface area contributed by atoms with Crippen LogP contribution in [-0.4, -0.2) is 18.8 Å². The smallest absolute Gasteiger partial charge is 0.0995 e. The highest BCUT2D eigenvalue weighted by atomic mass is 16.5. The Morgan fingerprint density at radius 2 is 2.21 bits per heavy atom. The summed E-state index contributed by atoms with van der Waals surface area (Å²) in [6.07, 6.45) is 7.87. The van der Waals surface area contributed by atoms with Crippen molar-refractivity contribution < 1.29 is 9.84 Å². The summed E-state index contributed by atoms with van der Waals surface area (Å²) in [7, 11) is 1.70. The molecule has 0 saturated carbocycles. The van der Waals surface area contributed by atoms with Crippen LogP contribution in [0.25, 0.3) is 0 Å². The van der Waals surface area contributed by atoms with Crippen LogP contribution in [0, 0.1) is 11.8 Å². The number of aliphatic hydroxyl groups excluding tert-OH is 1.